The van der Waals surface area contributed by atoms with E-state index in [1.165, 1.54) is 4.90 Å². The molecule has 0 spiro atoms. The molecule has 0 fully saturated rings. The van der Waals surface area contributed by atoms with Crippen LogP contribution in [0.2, 0.25) is 10.0 Å². The molecule has 1 heterocycles. The highest BCUT2D eigenvalue weighted by molar-refractivity contribution is 6.41. The number of halogens is 2. The van der Waals surface area contributed by atoms with Crippen LogP contribution in [-0.2, 0) is 16.1 Å². The molecule has 2 aromatic carbocycles. The summed E-state index contributed by atoms with van der Waals surface area (Å²) in [5.74, 6) is -0.545. The quantitative estimate of drug-likeness (QED) is 0.363. The minimum absolute atomic E-state index is 0.255. The van der Waals surface area contributed by atoms with Crippen LogP contribution >= 0.6 is 23.2 Å². The maximum absolute atomic E-state index is 13.4. The molecule has 1 aliphatic heterocycles. The van der Waals surface area contributed by atoms with Gasteiger partial charge in [-0.05, 0) is 31.0 Å². The molecule has 0 saturated carbocycles. The number of benzene rings is 2. The fourth-order valence-electron chi connectivity index (χ4n) is 3.67. The molecule has 2 amide bonds. The topological polar surface area (TPSA) is 40.6 Å². The zero-order chi connectivity index (χ0) is 21.7. The van der Waals surface area contributed by atoms with E-state index in [-0.39, 0.29) is 11.8 Å². The van der Waals surface area contributed by atoms with Gasteiger partial charge in [-0.25, -0.2) is 0 Å². The fraction of sp³-hybridized carbons (Fsp3) is 0.333. The Morgan fingerprint density at radius 3 is 2.30 bits per heavy atom. The first-order chi connectivity index (χ1) is 14.5. The van der Waals surface area contributed by atoms with E-state index >= 15 is 0 Å². The molecule has 3 rings (SSSR count). The first-order valence-electron chi connectivity index (χ1n) is 10.3. The second-order valence-electron chi connectivity index (χ2n) is 7.32. The van der Waals surface area contributed by atoms with E-state index in [9.17, 15) is 9.59 Å². The summed E-state index contributed by atoms with van der Waals surface area (Å²) in [6.07, 6.45) is 2.76. The van der Waals surface area contributed by atoms with Gasteiger partial charge < -0.3 is 4.90 Å². The monoisotopic (exact) mass is 444 g/mol. The number of unbranched alkanes of at least 4 members (excludes halogenated alkanes) is 2. The van der Waals surface area contributed by atoms with E-state index in [1.807, 2.05) is 42.2 Å². The van der Waals surface area contributed by atoms with Crippen molar-refractivity contribution in [3.8, 4) is 0 Å². The fourth-order valence-corrected chi connectivity index (χ4v) is 4.17. The van der Waals surface area contributed by atoms with Crippen molar-refractivity contribution in [3.05, 3.63) is 75.4 Å². The molecule has 0 atom stereocenters. The first-order valence-corrected chi connectivity index (χ1v) is 11.1. The number of imide groups is 1. The lowest BCUT2D eigenvalue weighted by molar-refractivity contribution is -0.137. The van der Waals surface area contributed by atoms with Crippen molar-refractivity contribution in [2.45, 2.75) is 39.7 Å². The predicted molar refractivity (Wildman–Crippen MR) is 122 cm³/mol. The van der Waals surface area contributed by atoms with Crippen LogP contribution in [0.1, 0.15) is 44.2 Å². The zero-order valence-electron chi connectivity index (χ0n) is 17.3. The van der Waals surface area contributed by atoms with Crippen LogP contribution < -0.4 is 0 Å². The van der Waals surface area contributed by atoms with Crippen LogP contribution in [0.5, 0.6) is 0 Å². The number of likely N-dealkylation sites (N-methyl/N-ethyl adjacent to an activating group) is 1. The summed E-state index contributed by atoms with van der Waals surface area (Å²) in [7, 11) is 0. The largest absolute Gasteiger partial charge is 0.362 e. The van der Waals surface area contributed by atoms with Gasteiger partial charge in [-0.3, -0.25) is 14.5 Å². The number of nitrogens with zero attached hydrogens (tertiary/aromatic N) is 2. The van der Waals surface area contributed by atoms with E-state index in [0.717, 1.165) is 24.8 Å². The molecule has 0 saturated heterocycles. The van der Waals surface area contributed by atoms with Crippen molar-refractivity contribution >= 4 is 40.6 Å². The number of carbonyl (C=O) groups is 2. The van der Waals surface area contributed by atoms with Gasteiger partial charge in [0.15, 0.2) is 0 Å². The maximum Gasteiger partial charge on any atom is 0.277 e. The van der Waals surface area contributed by atoms with Gasteiger partial charge in [0.25, 0.3) is 11.8 Å². The molecule has 0 unspecified atom stereocenters. The Hall–Kier alpha value is -2.30. The van der Waals surface area contributed by atoms with Crippen molar-refractivity contribution in [1.82, 2.24) is 9.80 Å². The minimum Gasteiger partial charge on any atom is -0.362 e. The molecule has 4 nitrogen and oxygen atoms in total. The van der Waals surface area contributed by atoms with Crippen LogP contribution in [-0.4, -0.2) is 34.7 Å². The molecule has 0 aromatic heterocycles. The third-order valence-electron chi connectivity index (χ3n) is 5.24. The van der Waals surface area contributed by atoms with E-state index < -0.39 is 0 Å². The second kappa shape index (κ2) is 10.1. The highest BCUT2D eigenvalue weighted by Crippen LogP contribution is 2.36. The van der Waals surface area contributed by atoms with E-state index in [1.54, 1.807) is 18.2 Å². The van der Waals surface area contributed by atoms with Gasteiger partial charge in [-0.15, -0.1) is 0 Å². The lowest BCUT2D eigenvalue weighted by atomic mass is 10.0. The Balaban J connectivity index is 2.06. The molecule has 0 N–H and O–H groups in total. The van der Waals surface area contributed by atoms with Crippen LogP contribution in [0.4, 0.5) is 0 Å². The number of hydrogen-bond acceptors (Lipinski definition) is 3. The Morgan fingerprint density at radius 2 is 1.67 bits per heavy atom. The lowest BCUT2D eigenvalue weighted by Gasteiger charge is -2.25. The summed E-state index contributed by atoms with van der Waals surface area (Å²) in [4.78, 5) is 30.1. The van der Waals surface area contributed by atoms with Crippen LogP contribution in [0, 0.1) is 0 Å². The normalized spacial score (nSPS) is 14.1. The van der Waals surface area contributed by atoms with E-state index in [2.05, 4.69) is 6.92 Å². The van der Waals surface area contributed by atoms with Crippen LogP contribution in [0.15, 0.2) is 54.2 Å². The van der Waals surface area contributed by atoms with Crippen molar-refractivity contribution in [1.29, 1.82) is 0 Å². The Labute approximate surface area is 188 Å². The maximum atomic E-state index is 13.4. The first kappa shape index (κ1) is 22.4. The van der Waals surface area contributed by atoms with Crippen molar-refractivity contribution in [2.24, 2.45) is 0 Å². The van der Waals surface area contributed by atoms with Crippen LogP contribution in [0.3, 0.4) is 0 Å². The lowest BCUT2D eigenvalue weighted by Crippen LogP contribution is -2.35. The van der Waals surface area contributed by atoms with Gasteiger partial charge >= 0.3 is 0 Å². The summed E-state index contributed by atoms with van der Waals surface area (Å²) >= 11 is 12.5. The summed E-state index contributed by atoms with van der Waals surface area (Å²) in [6, 6.07) is 14.9. The summed E-state index contributed by atoms with van der Waals surface area (Å²) in [5, 5.41) is 0.849. The molecule has 158 valence electrons. The van der Waals surface area contributed by atoms with Crippen molar-refractivity contribution < 1.29 is 9.59 Å². The number of amides is 2. The van der Waals surface area contributed by atoms with Gasteiger partial charge in [-0.1, -0.05) is 79.4 Å². The molecule has 6 heteroatoms. The van der Waals surface area contributed by atoms with Crippen molar-refractivity contribution in [3.63, 3.8) is 0 Å². The zero-order valence-corrected chi connectivity index (χ0v) is 18.8. The molecular weight excluding hydrogens is 419 g/mol. The van der Waals surface area contributed by atoms with Gasteiger partial charge in [0.05, 0.1) is 10.6 Å². The van der Waals surface area contributed by atoms with Crippen LogP contribution in [0.25, 0.3) is 5.57 Å². The minimum atomic E-state index is -0.290. The third-order valence-corrected chi connectivity index (χ3v) is 5.79. The molecule has 0 bridgehead atoms. The summed E-state index contributed by atoms with van der Waals surface area (Å²) < 4.78 is 0. The molecule has 0 aliphatic carbocycles. The van der Waals surface area contributed by atoms with Gasteiger partial charge in [0.2, 0.25) is 0 Å². The smallest absolute Gasteiger partial charge is 0.277 e. The standard InChI is InChI=1S/C24H26Cl2N2O2/c1-3-5-9-14-28-23(29)21(19-13-12-18(25)15-20(19)26)22(24(28)30)27(4-2)16-17-10-7-6-8-11-17/h6-8,10-13,15H,3-5,9,14,16H2,1-2H3. The number of rotatable bonds is 9. The van der Waals surface area contributed by atoms with E-state index in [0.29, 0.717) is 46.5 Å². The van der Waals surface area contributed by atoms with Crippen molar-refractivity contribution in [2.75, 3.05) is 13.1 Å². The molecule has 1 aliphatic rings. The summed E-state index contributed by atoms with van der Waals surface area (Å²) in [6.45, 7) is 5.60. The summed E-state index contributed by atoms with van der Waals surface area (Å²) in [5.41, 5.74) is 2.38. The van der Waals surface area contributed by atoms with Gasteiger partial charge in [0.1, 0.15) is 5.70 Å². The molecule has 30 heavy (non-hydrogen) atoms. The number of carbonyl (C=O) groups excluding carboxylic acids is 2. The Morgan fingerprint density at radius 1 is 0.933 bits per heavy atom. The SMILES string of the molecule is CCCCCN1C(=O)C(c2ccc(Cl)cc2Cl)=C(N(CC)Cc2ccccc2)C1=O. The van der Waals surface area contributed by atoms with E-state index in [4.69, 9.17) is 23.2 Å². The average Bonchev–Trinajstić information content (AvgIpc) is 2.97. The molecule has 2 aromatic rings. The second-order valence-corrected chi connectivity index (χ2v) is 8.16. The highest BCUT2D eigenvalue weighted by atomic mass is 35.5. The highest BCUT2D eigenvalue weighted by Gasteiger charge is 2.41. The predicted octanol–water partition coefficient (Wildman–Crippen LogP) is 5.79. The third kappa shape index (κ3) is 4.71. The number of hydrogen-bond donors (Lipinski definition) is 0. The Bertz CT molecular complexity index is 957. The Kier molecular flexibility index (Phi) is 7.57. The van der Waals surface area contributed by atoms with Gasteiger partial charge in [-0.2, -0.15) is 0 Å². The average molecular weight is 445 g/mol. The van der Waals surface area contributed by atoms with Gasteiger partial charge in [0, 0.05) is 30.2 Å². The molecule has 0 radical (unpaired) electrons. The molecular formula is C24H26Cl2N2O2.